The number of aromatic amines is 1. The van der Waals surface area contributed by atoms with E-state index in [1.807, 2.05) is 61.2 Å². The van der Waals surface area contributed by atoms with Crippen LogP contribution in [0.2, 0.25) is 0 Å². The predicted molar refractivity (Wildman–Crippen MR) is 113 cm³/mol. The summed E-state index contributed by atoms with van der Waals surface area (Å²) < 4.78 is 0. The molecule has 0 spiro atoms. The molecule has 7 nitrogen and oxygen atoms in total. The first-order chi connectivity index (χ1) is 14.0. The molecule has 1 saturated heterocycles. The highest BCUT2D eigenvalue weighted by atomic mass is 16.2. The van der Waals surface area contributed by atoms with E-state index in [1.54, 1.807) is 0 Å². The molecule has 2 heterocycles. The van der Waals surface area contributed by atoms with E-state index in [4.69, 9.17) is 0 Å². The number of hydrogen-bond acceptors (Lipinski definition) is 4. The van der Waals surface area contributed by atoms with E-state index in [0.717, 1.165) is 27.7 Å². The van der Waals surface area contributed by atoms with Crippen molar-refractivity contribution in [3.8, 4) is 0 Å². The Morgan fingerprint density at radius 1 is 1.03 bits per heavy atom. The zero-order valence-corrected chi connectivity index (χ0v) is 16.7. The molecule has 0 saturated carbocycles. The number of H-pyrrole nitrogens is 1. The standard InChI is InChI=1S/C22H25N5O2/c1-15-6-5-9-18(16(15)2)23-20(28)14-26-10-12-27(13-11-26)22(29)21-17-7-3-4-8-19(17)24-25-21/h3-9H,10-14H2,1-2H3,(H,23,28)(H,24,25). The van der Waals surface area contributed by atoms with Gasteiger partial charge in [0.2, 0.25) is 5.91 Å². The Labute approximate surface area is 169 Å². The van der Waals surface area contributed by atoms with Crippen molar-refractivity contribution in [1.82, 2.24) is 20.0 Å². The van der Waals surface area contributed by atoms with Crippen molar-refractivity contribution < 1.29 is 9.59 Å². The fraction of sp³-hybridized carbons (Fsp3) is 0.318. The molecule has 2 N–H and O–H groups in total. The summed E-state index contributed by atoms with van der Waals surface area (Å²) in [5, 5.41) is 11.0. The number of piperazine rings is 1. The molecule has 1 aliphatic heterocycles. The van der Waals surface area contributed by atoms with Crippen LogP contribution in [0.4, 0.5) is 5.69 Å². The maximum absolute atomic E-state index is 12.9. The number of rotatable bonds is 4. The average Bonchev–Trinajstić information content (AvgIpc) is 3.15. The minimum atomic E-state index is -0.0677. The molecule has 3 aromatic rings. The molecule has 4 rings (SSSR count). The van der Waals surface area contributed by atoms with E-state index in [9.17, 15) is 9.59 Å². The largest absolute Gasteiger partial charge is 0.335 e. The first-order valence-electron chi connectivity index (χ1n) is 9.84. The van der Waals surface area contributed by atoms with E-state index in [0.29, 0.717) is 38.4 Å². The van der Waals surface area contributed by atoms with E-state index in [1.165, 1.54) is 0 Å². The number of fused-ring (bicyclic) bond motifs is 1. The summed E-state index contributed by atoms with van der Waals surface area (Å²) in [6, 6.07) is 13.5. The van der Waals surface area contributed by atoms with Crippen LogP contribution in [0, 0.1) is 13.8 Å². The normalized spacial score (nSPS) is 14.9. The minimum absolute atomic E-state index is 0.0308. The van der Waals surface area contributed by atoms with Crippen molar-refractivity contribution in [3.63, 3.8) is 0 Å². The van der Waals surface area contributed by atoms with Crippen LogP contribution >= 0.6 is 0 Å². The first kappa shape index (κ1) is 19.1. The van der Waals surface area contributed by atoms with Crippen molar-refractivity contribution in [3.05, 3.63) is 59.3 Å². The third-order valence-corrected chi connectivity index (χ3v) is 5.58. The maximum Gasteiger partial charge on any atom is 0.275 e. The van der Waals surface area contributed by atoms with Gasteiger partial charge in [0.15, 0.2) is 5.69 Å². The summed E-state index contributed by atoms with van der Waals surface area (Å²) >= 11 is 0. The first-order valence-corrected chi connectivity index (χ1v) is 9.84. The Balaban J connectivity index is 1.33. The highest BCUT2D eigenvalue weighted by molar-refractivity contribution is 6.04. The molecular weight excluding hydrogens is 366 g/mol. The zero-order chi connectivity index (χ0) is 20.4. The van der Waals surface area contributed by atoms with Crippen LogP contribution < -0.4 is 5.32 Å². The third-order valence-electron chi connectivity index (χ3n) is 5.58. The fourth-order valence-electron chi connectivity index (χ4n) is 3.66. The summed E-state index contributed by atoms with van der Waals surface area (Å²) in [5.41, 5.74) is 4.41. The monoisotopic (exact) mass is 391 g/mol. The van der Waals surface area contributed by atoms with Crippen molar-refractivity contribution in [2.24, 2.45) is 0 Å². The number of nitrogens with zero attached hydrogens (tertiary/aromatic N) is 3. The second kappa shape index (κ2) is 8.05. The zero-order valence-electron chi connectivity index (χ0n) is 16.7. The van der Waals surface area contributed by atoms with Gasteiger partial charge in [0, 0.05) is 37.3 Å². The lowest BCUT2D eigenvalue weighted by atomic mass is 10.1. The van der Waals surface area contributed by atoms with Gasteiger partial charge >= 0.3 is 0 Å². The van der Waals surface area contributed by atoms with E-state index >= 15 is 0 Å². The van der Waals surface area contributed by atoms with Crippen molar-refractivity contribution >= 4 is 28.4 Å². The molecule has 2 aromatic carbocycles. The maximum atomic E-state index is 12.9. The number of aryl methyl sites for hydroxylation is 1. The highest BCUT2D eigenvalue weighted by Crippen LogP contribution is 2.19. The molecule has 2 amide bonds. The quantitative estimate of drug-likeness (QED) is 0.716. The van der Waals surface area contributed by atoms with Crippen molar-refractivity contribution in [1.29, 1.82) is 0 Å². The van der Waals surface area contributed by atoms with Crippen LogP contribution in [0.3, 0.4) is 0 Å². The lowest BCUT2D eigenvalue weighted by molar-refractivity contribution is -0.117. The average molecular weight is 391 g/mol. The molecule has 0 radical (unpaired) electrons. The summed E-state index contributed by atoms with van der Waals surface area (Å²) in [5.74, 6) is -0.0984. The Hall–Kier alpha value is -3.19. The Kier molecular flexibility index (Phi) is 5.31. The minimum Gasteiger partial charge on any atom is -0.335 e. The predicted octanol–water partition coefficient (Wildman–Crippen LogP) is 2.58. The molecule has 7 heteroatoms. The summed E-state index contributed by atoms with van der Waals surface area (Å²) in [6.45, 7) is 6.84. The van der Waals surface area contributed by atoms with Crippen molar-refractivity contribution in [2.75, 3.05) is 38.0 Å². The second-order valence-electron chi connectivity index (χ2n) is 7.48. The summed E-state index contributed by atoms with van der Waals surface area (Å²) in [6.07, 6.45) is 0. The van der Waals surface area contributed by atoms with E-state index in [-0.39, 0.29) is 11.8 Å². The number of benzene rings is 2. The molecule has 29 heavy (non-hydrogen) atoms. The van der Waals surface area contributed by atoms with Gasteiger partial charge < -0.3 is 10.2 Å². The number of aromatic nitrogens is 2. The Morgan fingerprint density at radius 3 is 2.59 bits per heavy atom. The van der Waals surface area contributed by atoms with Crippen LogP contribution in [0.25, 0.3) is 10.9 Å². The van der Waals surface area contributed by atoms with Gasteiger partial charge in [0.05, 0.1) is 12.1 Å². The Bertz CT molecular complexity index is 1050. The van der Waals surface area contributed by atoms with Gasteiger partial charge in [-0.3, -0.25) is 19.6 Å². The molecular formula is C22H25N5O2. The number of anilines is 1. The molecule has 0 bridgehead atoms. The van der Waals surface area contributed by atoms with Gasteiger partial charge in [0.1, 0.15) is 0 Å². The van der Waals surface area contributed by atoms with Gasteiger partial charge in [-0.15, -0.1) is 0 Å². The Morgan fingerprint density at radius 2 is 1.79 bits per heavy atom. The summed E-state index contributed by atoms with van der Waals surface area (Å²) in [4.78, 5) is 29.2. The topological polar surface area (TPSA) is 81.3 Å². The van der Waals surface area contributed by atoms with Gasteiger partial charge in [-0.2, -0.15) is 5.10 Å². The van der Waals surface area contributed by atoms with Gasteiger partial charge in [0.25, 0.3) is 5.91 Å². The molecule has 0 unspecified atom stereocenters. The smallest absolute Gasteiger partial charge is 0.275 e. The fourth-order valence-corrected chi connectivity index (χ4v) is 3.66. The number of para-hydroxylation sites is 1. The van der Waals surface area contributed by atoms with E-state index < -0.39 is 0 Å². The number of carbonyl (C=O) groups is 2. The SMILES string of the molecule is Cc1cccc(NC(=O)CN2CCN(C(=O)c3n[nH]c4ccccc34)CC2)c1C. The van der Waals surface area contributed by atoms with Crippen LogP contribution in [0.1, 0.15) is 21.6 Å². The third kappa shape index (κ3) is 4.00. The van der Waals surface area contributed by atoms with Crippen LogP contribution in [0.5, 0.6) is 0 Å². The van der Waals surface area contributed by atoms with E-state index in [2.05, 4.69) is 20.4 Å². The van der Waals surface area contributed by atoms with Crippen LogP contribution in [-0.2, 0) is 4.79 Å². The highest BCUT2D eigenvalue weighted by Gasteiger charge is 2.26. The molecule has 1 aromatic heterocycles. The summed E-state index contributed by atoms with van der Waals surface area (Å²) in [7, 11) is 0. The molecule has 0 aliphatic carbocycles. The number of amides is 2. The molecule has 0 atom stereocenters. The lowest BCUT2D eigenvalue weighted by Crippen LogP contribution is -2.50. The van der Waals surface area contributed by atoms with Gasteiger partial charge in [-0.1, -0.05) is 30.3 Å². The lowest BCUT2D eigenvalue weighted by Gasteiger charge is -2.34. The van der Waals surface area contributed by atoms with Gasteiger partial charge in [-0.05, 0) is 37.1 Å². The molecule has 150 valence electrons. The van der Waals surface area contributed by atoms with Crippen molar-refractivity contribution in [2.45, 2.75) is 13.8 Å². The number of carbonyl (C=O) groups excluding carboxylic acids is 2. The second-order valence-corrected chi connectivity index (χ2v) is 7.48. The number of nitrogens with one attached hydrogen (secondary N) is 2. The molecule has 1 fully saturated rings. The van der Waals surface area contributed by atoms with Crippen LogP contribution in [0.15, 0.2) is 42.5 Å². The van der Waals surface area contributed by atoms with Gasteiger partial charge in [-0.25, -0.2) is 0 Å². The van der Waals surface area contributed by atoms with Crippen LogP contribution in [-0.4, -0.2) is 64.5 Å². The molecule has 1 aliphatic rings. The number of hydrogen-bond donors (Lipinski definition) is 2.